The highest BCUT2D eigenvalue weighted by atomic mass is 16.5. The Morgan fingerprint density at radius 1 is 1.09 bits per heavy atom. The number of aryl methyl sites for hydroxylation is 1. The van der Waals surface area contributed by atoms with Crippen molar-refractivity contribution < 1.29 is 28.6 Å². The van der Waals surface area contributed by atoms with E-state index in [0.29, 0.717) is 41.1 Å². The Bertz CT molecular complexity index is 1270. The third-order valence-electron chi connectivity index (χ3n) is 5.79. The number of carbonyl (C=O) groups excluding carboxylic acids is 2. The number of benzene rings is 2. The van der Waals surface area contributed by atoms with Gasteiger partial charge in [-0.2, -0.15) is 0 Å². The van der Waals surface area contributed by atoms with Gasteiger partial charge in [-0.05, 0) is 43.2 Å². The fourth-order valence-corrected chi connectivity index (χ4v) is 4.11. The van der Waals surface area contributed by atoms with Crippen LogP contribution in [0.4, 0.5) is 0 Å². The molecule has 1 fully saturated rings. The lowest BCUT2D eigenvalue weighted by Gasteiger charge is -2.24. The van der Waals surface area contributed by atoms with E-state index in [1.165, 1.54) is 4.90 Å². The first-order valence-electron chi connectivity index (χ1n) is 11.5. The molecule has 7 nitrogen and oxygen atoms in total. The maximum atomic E-state index is 13.3. The first-order chi connectivity index (χ1) is 16.8. The van der Waals surface area contributed by atoms with Crippen molar-refractivity contribution in [3.8, 4) is 11.5 Å². The number of likely N-dealkylation sites (tertiary alicyclic amines) is 1. The smallest absolute Gasteiger partial charge is 0.296 e. The summed E-state index contributed by atoms with van der Waals surface area (Å²) in [6.45, 7) is 6.48. The van der Waals surface area contributed by atoms with E-state index < -0.39 is 17.7 Å². The summed E-state index contributed by atoms with van der Waals surface area (Å²) >= 11 is 0. The van der Waals surface area contributed by atoms with Crippen LogP contribution < -0.4 is 9.47 Å². The lowest BCUT2D eigenvalue weighted by atomic mass is 9.99. The molecule has 1 aliphatic heterocycles. The van der Waals surface area contributed by atoms with E-state index >= 15 is 0 Å². The Kier molecular flexibility index (Phi) is 6.96. The van der Waals surface area contributed by atoms with Gasteiger partial charge in [0.05, 0.1) is 25.8 Å². The van der Waals surface area contributed by atoms with Crippen molar-refractivity contribution in [2.45, 2.75) is 33.4 Å². The van der Waals surface area contributed by atoms with E-state index in [2.05, 4.69) is 0 Å². The molecule has 0 saturated carbocycles. The molecule has 0 spiro atoms. The molecule has 1 aromatic heterocycles. The summed E-state index contributed by atoms with van der Waals surface area (Å²) in [5, 5.41) is 11.3. The number of ketones is 1. The normalized spacial score (nSPS) is 17.3. The first-order valence-corrected chi connectivity index (χ1v) is 11.5. The van der Waals surface area contributed by atoms with Gasteiger partial charge in [-0.25, -0.2) is 0 Å². The van der Waals surface area contributed by atoms with E-state index in [0.717, 1.165) is 5.56 Å². The van der Waals surface area contributed by atoms with Gasteiger partial charge in [0.25, 0.3) is 11.7 Å². The number of rotatable bonds is 8. The molecule has 2 heterocycles. The highest BCUT2D eigenvalue weighted by Crippen LogP contribution is 2.41. The number of nitrogens with zero attached hydrogens (tertiary/aromatic N) is 1. The van der Waals surface area contributed by atoms with Gasteiger partial charge in [0, 0.05) is 11.1 Å². The molecule has 1 saturated heterocycles. The van der Waals surface area contributed by atoms with Crippen molar-refractivity contribution in [3.05, 3.63) is 88.9 Å². The second-order valence-corrected chi connectivity index (χ2v) is 8.92. The monoisotopic (exact) mass is 475 g/mol. The number of hydrogen-bond donors (Lipinski definition) is 1. The Morgan fingerprint density at radius 2 is 1.86 bits per heavy atom. The number of amides is 1. The minimum atomic E-state index is -0.895. The van der Waals surface area contributed by atoms with Gasteiger partial charge in [-0.15, -0.1) is 0 Å². The van der Waals surface area contributed by atoms with Crippen LogP contribution in [0, 0.1) is 12.8 Å². The lowest BCUT2D eigenvalue weighted by Crippen LogP contribution is -2.29. The summed E-state index contributed by atoms with van der Waals surface area (Å²) < 4.78 is 17.1. The molecule has 0 radical (unpaired) electrons. The van der Waals surface area contributed by atoms with Crippen molar-refractivity contribution >= 4 is 17.4 Å². The second kappa shape index (κ2) is 10.1. The van der Waals surface area contributed by atoms with Crippen molar-refractivity contribution in [1.82, 2.24) is 4.90 Å². The Balaban J connectivity index is 1.79. The van der Waals surface area contributed by atoms with Gasteiger partial charge < -0.3 is 23.9 Å². The highest BCUT2D eigenvalue weighted by molar-refractivity contribution is 6.46. The van der Waals surface area contributed by atoms with Crippen LogP contribution in [0.1, 0.15) is 42.5 Å². The fraction of sp³-hybridized carbons (Fsp3) is 0.286. The summed E-state index contributed by atoms with van der Waals surface area (Å²) in [5.74, 6) is 0.746. The summed E-state index contributed by atoms with van der Waals surface area (Å²) in [4.78, 5) is 27.9. The summed E-state index contributed by atoms with van der Waals surface area (Å²) in [6, 6.07) is 16.7. The van der Waals surface area contributed by atoms with Crippen LogP contribution in [0.15, 0.2) is 70.7 Å². The number of methoxy groups -OCH3 is 1. The minimum Gasteiger partial charge on any atom is -0.507 e. The van der Waals surface area contributed by atoms with Gasteiger partial charge in [-0.1, -0.05) is 44.2 Å². The topological polar surface area (TPSA) is 89.2 Å². The van der Waals surface area contributed by atoms with Gasteiger partial charge in [0.1, 0.15) is 34.8 Å². The van der Waals surface area contributed by atoms with Crippen molar-refractivity contribution in [2.24, 2.45) is 5.92 Å². The van der Waals surface area contributed by atoms with Crippen molar-refractivity contribution in [3.63, 3.8) is 0 Å². The average molecular weight is 476 g/mol. The summed E-state index contributed by atoms with van der Waals surface area (Å²) in [7, 11) is 1.55. The van der Waals surface area contributed by atoms with E-state index in [1.807, 2.05) is 32.0 Å². The number of aliphatic hydroxyl groups excluding tert-OH is 1. The molecule has 1 aliphatic rings. The van der Waals surface area contributed by atoms with E-state index in [-0.39, 0.29) is 17.9 Å². The maximum absolute atomic E-state index is 13.3. The van der Waals surface area contributed by atoms with Crippen LogP contribution in [-0.2, 0) is 16.1 Å². The maximum Gasteiger partial charge on any atom is 0.296 e. The molecule has 35 heavy (non-hydrogen) atoms. The third kappa shape index (κ3) is 4.94. The Morgan fingerprint density at radius 3 is 2.54 bits per heavy atom. The van der Waals surface area contributed by atoms with Crippen LogP contribution in [-0.4, -0.2) is 35.4 Å². The predicted molar refractivity (Wildman–Crippen MR) is 131 cm³/mol. The van der Waals surface area contributed by atoms with E-state index in [9.17, 15) is 14.7 Å². The number of carbonyl (C=O) groups is 2. The molecular formula is C28H29NO6. The van der Waals surface area contributed by atoms with Gasteiger partial charge in [0.15, 0.2) is 0 Å². The van der Waals surface area contributed by atoms with Gasteiger partial charge >= 0.3 is 0 Å². The molecule has 1 amide bonds. The number of hydrogen-bond acceptors (Lipinski definition) is 6. The summed E-state index contributed by atoms with van der Waals surface area (Å²) in [6.07, 6.45) is 0. The van der Waals surface area contributed by atoms with Gasteiger partial charge in [-0.3, -0.25) is 9.59 Å². The van der Waals surface area contributed by atoms with Crippen LogP contribution in [0.3, 0.4) is 0 Å². The number of Topliss-reactive ketones (excluding diaryl/α,β-unsaturated/α-hetero) is 1. The minimum absolute atomic E-state index is 0.0275. The molecule has 1 N–H and O–H groups in total. The highest BCUT2D eigenvalue weighted by Gasteiger charge is 2.47. The standard InChI is InChI=1S/C28H29NO6/c1-17(2)16-34-21-10-7-9-19(14-21)26(30)24-25(23-13-12-18(3)35-23)29(28(32)27(24)31)15-20-8-5-6-11-22(20)33-4/h5-14,17,25,30H,15-16H2,1-4H3/b26-24+. The summed E-state index contributed by atoms with van der Waals surface area (Å²) in [5.41, 5.74) is 1.09. The lowest BCUT2D eigenvalue weighted by molar-refractivity contribution is -0.140. The molecule has 7 heteroatoms. The molecule has 0 aliphatic carbocycles. The molecule has 2 aromatic carbocycles. The number of furan rings is 1. The number of ether oxygens (including phenoxy) is 2. The number of aliphatic hydroxyl groups is 1. The molecule has 0 bridgehead atoms. The third-order valence-corrected chi connectivity index (χ3v) is 5.79. The molecule has 3 aromatic rings. The predicted octanol–water partition coefficient (Wildman–Crippen LogP) is 5.25. The van der Waals surface area contributed by atoms with Crippen molar-refractivity contribution in [2.75, 3.05) is 13.7 Å². The number of para-hydroxylation sites is 1. The van der Waals surface area contributed by atoms with E-state index in [1.54, 1.807) is 56.5 Å². The molecule has 1 unspecified atom stereocenters. The molecule has 182 valence electrons. The Labute approximate surface area is 204 Å². The molecule has 1 atom stereocenters. The van der Waals surface area contributed by atoms with E-state index in [4.69, 9.17) is 13.9 Å². The van der Waals surface area contributed by atoms with Crippen molar-refractivity contribution in [1.29, 1.82) is 0 Å². The average Bonchev–Trinajstić information content (AvgIpc) is 3.39. The zero-order valence-electron chi connectivity index (χ0n) is 20.3. The van der Waals surface area contributed by atoms with Gasteiger partial charge in [0.2, 0.25) is 0 Å². The first kappa shape index (κ1) is 24.1. The van der Waals surface area contributed by atoms with Crippen LogP contribution in [0.25, 0.3) is 5.76 Å². The zero-order valence-corrected chi connectivity index (χ0v) is 20.3. The zero-order chi connectivity index (χ0) is 25.1. The fourth-order valence-electron chi connectivity index (χ4n) is 4.11. The largest absolute Gasteiger partial charge is 0.507 e. The Hall–Kier alpha value is -4.00. The van der Waals surface area contributed by atoms with Crippen LogP contribution in [0.5, 0.6) is 11.5 Å². The second-order valence-electron chi connectivity index (χ2n) is 8.92. The molecular weight excluding hydrogens is 446 g/mol. The molecule has 4 rings (SSSR count). The van der Waals surface area contributed by atoms with Crippen LogP contribution >= 0.6 is 0 Å². The van der Waals surface area contributed by atoms with Crippen LogP contribution in [0.2, 0.25) is 0 Å². The SMILES string of the molecule is COc1ccccc1CN1C(=O)C(=O)/C(=C(/O)c2cccc(OCC(C)C)c2)C1c1ccc(C)o1. The quantitative estimate of drug-likeness (QED) is 0.272.